The van der Waals surface area contributed by atoms with Crippen LogP contribution < -0.4 is 10.1 Å². The summed E-state index contributed by atoms with van der Waals surface area (Å²) in [7, 11) is 1.71. The van der Waals surface area contributed by atoms with Crippen molar-refractivity contribution in [3.05, 3.63) is 29.3 Å². The summed E-state index contributed by atoms with van der Waals surface area (Å²) in [6.07, 6.45) is 1.94. The largest absolute Gasteiger partial charge is 0.496 e. The topological polar surface area (TPSA) is 41.5 Å². The van der Waals surface area contributed by atoms with Gasteiger partial charge in [0, 0.05) is 5.54 Å². The summed E-state index contributed by atoms with van der Waals surface area (Å²) in [6.45, 7) is 7.14. The first-order valence-electron chi connectivity index (χ1n) is 6.54. The summed E-state index contributed by atoms with van der Waals surface area (Å²) in [6, 6.07) is 6.34. The van der Waals surface area contributed by atoms with E-state index < -0.39 is 0 Å². The van der Waals surface area contributed by atoms with Crippen LogP contribution in [0.4, 0.5) is 0 Å². The lowest BCUT2D eigenvalue weighted by Crippen LogP contribution is -2.43. The smallest absolute Gasteiger partial charge is 0.122 e. The van der Waals surface area contributed by atoms with Gasteiger partial charge in [-0.25, -0.2) is 0 Å². The molecule has 3 nitrogen and oxygen atoms in total. The predicted octanol–water partition coefficient (Wildman–Crippen LogP) is 2.16. The van der Waals surface area contributed by atoms with E-state index in [2.05, 4.69) is 24.4 Å². The molecule has 2 N–H and O–H groups in total. The van der Waals surface area contributed by atoms with Gasteiger partial charge in [0.2, 0.25) is 0 Å². The number of aryl methyl sites for hydroxylation is 1. The second kappa shape index (κ2) is 6.76. The second-order valence-corrected chi connectivity index (χ2v) is 5.22. The molecule has 0 spiro atoms. The number of methoxy groups -OCH3 is 1. The third kappa shape index (κ3) is 4.31. The molecule has 0 saturated heterocycles. The maximum Gasteiger partial charge on any atom is 0.122 e. The molecule has 0 bridgehead atoms. The highest BCUT2D eigenvalue weighted by atomic mass is 16.5. The Morgan fingerprint density at radius 2 is 2.06 bits per heavy atom. The van der Waals surface area contributed by atoms with Gasteiger partial charge >= 0.3 is 0 Å². The normalized spacial score (nSPS) is 11.6. The lowest BCUT2D eigenvalue weighted by Gasteiger charge is -2.23. The Kier molecular flexibility index (Phi) is 5.63. The number of nitrogens with one attached hydrogen (secondary N) is 1. The minimum Gasteiger partial charge on any atom is -0.496 e. The van der Waals surface area contributed by atoms with E-state index >= 15 is 0 Å². The highest BCUT2D eigenvalue weighted by molar-refractivity contribution is 5.37. The number of aliphatic hydroxyl groups excluding tert-OH is 1. The van der Waals surface area contributed by atoms with Crippen molar-refractivity contribution in [1.82, 2.24) is 5.32 Å². The van der Waals surface area contributed by atoms with Crippen molar-refractivity contribution in [2.75, 3.05) is 20.3 Å². The van der Waals surface area contributed by atoms with E-state index in [1.807, 2.05) is 19.9 Å². The number of rotatable bonds is 7. The van der Waals surface area contributed by atoms with Crippen molar-refractivity contribution in [1.29, 1.82) is 0 Å². The first-order chi connectivity index (χ1) is 8.52. The number of hydrogen-bond donors (Lipinski definition) is 2. The molecule has 3 heteroatoms. The maximum atomic E-state index is 9.16. The molecule has 0 heterocycles. The van der Waals surface area contributed by atoms with Crippen molar-refractivity contribution < 1.29 is 9.84 Å². The van der Waals surface area contributed by atoms with Crippen LogP contribution in [-0.4, -0.2) is 30.9 Å². The van der Waals surface area contributed by atoms with Crippen molar-refractivity contribution >= 4 is 0 Å². The van der Waals surface area contributed by atoms with E-state index in [4.69, 9.17) is 9.84 Å². The zero-order valence-electron chi connectivity index (χ0n) is 11.9. The summed E-state index contributed by atoms with van der Waals surface area (Å²) in [5.41, 5.74) is 2.34. The SMILES string of the molecule is CCc1cc(CCNC(C)(C)CO)ccc1OC. The molecule has 0 fully saturated rings. The molecule has 1 rings (SSSR count). The zero-order chi connectivity index (χ0) is 13.6. The zero-order valence-corrected chi connectivity index (χ0v) is 11.9. The van der Waals surface area contributed by atoms with E-state index in [-0.39, 0.29) is 12.1 Å². The third-order valence-corrected chi connectivity index (χ3v) is 3.14. The van der Waals surface area contributed by atoms with E-state index in [1.54, 1.807) is 7.11 Å². The molecule has 18 heavy (non-hydrogen) atoms. The van der Waals surface area contributed by atoms with Crippen LogP contribution in [0.25, 0.3) is 0 Å². The molecule has 0 atom stereocenters. The number of benzene rings is 1. The lowest BCUT2D eigenvalue weighted by atomic mass is 10.0. The van der Waals surface area contributed by atoms with Crippen LogP contribution in [0.5, 0.6) is 5.75 Å². The molecular formula is C15H25NO2. The van der Waals surface area contributed by atoms with Gasteiger partial charge in [0.15, 0.2) is 0 Å². The number of ether oxygens (including phenoxy) is 1. The van der Waals surface area contributed by atoms with Crippen LogP contribution in [0.1, 0.15) is 31.9 Å². The van der Waals surface area contributed by atoms with Crippen molar-refractivity contribution in [3.8, 4) is 5.75 Å². The standard InChI is InChI=1S/C15H25NO2/c1-5-13-10-12(6-7-14(13)18-4)8-9-16-15(2,3)11-17/h6-7,10,16-17H,5,8-9,11H2,1-4H3. The quantitative estimate of drug-likeness (QED) is 0.780. The van der Waals surface area contributed by atoms with Crippen molar-refractivity contribution in [2.24, 2.45) is 0 Å². The predicted molar refractivity (Wildman–Crippen MR) is 75.2 cm³/mol. The van der Waals surface area contributed by atoms with Gasteiger partial charge in [0.1, 0.15) is 5.75 Å². The maximum absolute atomic E-state index is 9.16. The Morgan fingerprint density at radius 1 is 1.33 bits per heavy atom. The van der Waals surface area contributed by atoms with Gasteiger partial charge in [-0.2, -0.15) is 0 Å². The molecule has 102 valence electrons. The molecular weight excluding hydrogens is 226 g/mol. The first-order valence-corrected chi connectivity index (χ1v) is 6.54. The molecule has 1 aromatic rings. The minimum absolute atomic E-state index is 0.149. The van der Waals surface area contributed by atoms with Gasteiger partial charge in [-0.15, -0.1) is 0 Å². The van der Waals surface area contributed by atoms with Crippen LogP contribution in [-0.2, 0) is 12.8 Å². The summed E-state index contributed by atoms with van der Waals surface area (Å²) in [5.74, 6) is 0.963. The monoisotopic (exact) mass is 251 g/mol. The molecule has 0 radical (unpaired) electrons. The highest BCUT2D eigenvalue weighted by Gasteiger charge is 2.14. The first kappa shape index (κ1) is 15.0. The van der Waals surface area contributed by atoms with E-state index in [0.717, 1.165) is 25.1 Å². The minimum atomic E-state index is -0.208. The van der Waals surface area contributed by atoms with Crippen LogP contribution in [0.3, 0.4) is 0 Å². The van der Waals surface area contributed by atoms with E-state index in [0.29, 0.717) is 0 Å². The summed E-state index contributed by atoms with van der Waals surface area (Å²) in [5, 5.41) is 12.5. The Hall–Kier alpha value is -1.06. The van der Waals surface area contributed by atoms with Gasteiger partial charge in [-0.3, -0.25) is 0 Å². The lowest BCUT2D eigenvalue weighted by molar-refractivity contribution is 0.189. The number of aliphatic hydroxyl groups is 1. The van der Waals surface area contributed by atoms with Gasteiger partial charge in [0.05, 0.1) is 13.7 Å². The fourth-order valence-corrected chi connectivity index (χ4v) is 1.86. The van der Waals surface area contributed by atoms with E-state index in [9.17, 15) is 0 Å². The van der Waals surface area contributed by atoms with Crippen LogP contribution in [0.2, 0.25) is 0 Å². The average Bonchev–Trinajstić information content (AvgIpc) is 2.38. The van der Waals surface area contributed by atoms with Gasteiger partial charge in [-0.1, -0.05) is 19.1 Å². The van der Waals surface area contributed by atoms with Crippen molar-refractivity contribution in [2.45, 2.75) is 39.2 Å². The van der Waals surface area contributed by atoms with Crippen LogP contribution in [0.15, 0.2) is 18.2 Å². The summed E-state index contributed by atoms with van der Waals surface area (Å²) < 4.78 is 5.32. The fourth-order valence-electron chi connectivity index (χ4n) is 1.86. The molecule has 1 aromatic carbocycles. The molecule has 0 saturated carbocycles. The van der Waals surface area contributed by atoms with Crippen LogP contribution >= 0.6 is 0 Å². The van der Waals surface area contributed by atoms with Crippen molar-refractivity contribution in [3.63, 3.8) is 0 Å². The highest BCUT2D eigenvalue weighted by Crippen LogP contribution is 2.20. The Balaban J connectivity index is 2.58. The molecule has 0 aromatic heterocycles. The molecule has 0 aliphatic rings. The summed E-state index contributed by atoms with van der Waals surface area (Å²) >= 11 is 0. The third-order valence-electron chi connectivity index (χ3n) is 3.14. The number of hydrogen-bond acceptors (Lipinski definition) is 3. The van der Waals surface area contributed by atoms with E-state index in [1.165, 1.54) is 11.1 Å². The molecule has 0 unspecified atom stereocenters. The molecule has 0 aliphatic heterocycles. The Bertz CT molecular complexity index is 375. The Labute approximate surface area is 110 Å². The fraction of sp³-hybridized carbons (Fsp3) is 0.600. The molecule has 0 amide bonds. The Morgan fingerprint density at radius 3 is 2.61 bits per heavy atom. The second-order valence-electron chi connectivity index (χ2n) is 5.22. The van der Waals surface area contributed by atoms with Crippen LogP contribution in [0, 0.1) is 0 Å². The van der Waals surface area contributed by atoms with Gasteiger partial charge < -0.3 is 15.2 Å². The average molecular weight is 251 g/mol. The van der Waals surface area contributed by atoms with Gasteiger partial charge in [-0.05, 0) is 50.4 Å². The summed E-state index contributed by atoms with van der Waals surface area (Å²) in [4.78, 5) is 0. The van der Waals surface area contributed by atoms with Gasteiger partial charge in [0.25, 0.3) is 0 Å². The molecule has 0 aliphatic carbocycles.